The molecule has 0 bridgehead atoms. The molecule has 0 spiro atoms. The fourth-order valence-electron chi connectivity index (χ4n) is 6.78. The number of benzene rings is 1. The van der Waals surface area contributed by atoms with Crippen molar-refractivity contribution < 1.29 is 14.0 Å². The second-order valence-corrected chi connectivity index (χ2v) is 11.3. The first-order valence-electron chi connectivity index (χ1n) is 13.9. The summed E-state index contributed by atoms with van der Waals surface area (Å²) in [6.45, 7) is 9.15. The highest BCUT2D eigenvalue weighted by Crippen LogP contribution is 2.40. The van der Waals surface area contributed by atoms with E-state index in [2.05, 4.69) is 32.2 Å². The van der Waals surface area contributed by atoms with Crippen LogP contribution in [0.5, 0.6) is 0 Å². The van der Waals surface area contributed by atoms with Crippen molar-refractivity contribution >= 4 is 34.5 Å². The number of allylic oxidation sites excluding steroid dienone is 2. The van der Waals surface area contributed by atoms with Gasteiger partial charge < -0.3 is 19.2 Å². The molecule has 5 rings (SSSR count). The second-order valence-electron chi connectivity index (χ2n) is 10.9. The third-order valence-corrected chi connectivity index (χ3v) is 9.48. The molecule has 2 aliphatic rings. The van der Waals surface area contributed by atoms with Gasteiger partial charge in [0.2, 0.25) is 5.91 Å². The summed E-state index contributed by atoms with van der Waals surface area (Å²) in [4.78, 5) is 30.3. The molecule has 0 radical (unpaired) electrons. The fraction of sp³-hybridized carbons (Fsp3) is 0.484. The Morgan fingerprint density at radius 1 is 1.24 bits per heavy atom. The van der Waals surface area contributed by atoms with E-state index in [1.807, 2.05) is 41.8 Å². The van der Waals surface area contributed by atoms with Gasteiger partial charge in [0.1, 0.15) is 11.2 Å². The van der Waals surface area contributed by atoms with Gasteiger partial charge in [0.05, 0.1) is 18.3 Å². The number of hydrogen-bond acceptors (Lipinski definition) is 3. The molecule has 1 aliphatic carbocycles. The van der Waals surface area contributed by atoms with Crippen LogP contribution in [0.4, 0.5) is 0 Å². The number of furan rings is 1. The Hall–Kier alpha value is -2.99. The Labute approximate surface area is 230 Å². The summed E-state index contributed by atoms with van der Waals surface area (Å²) in [6, 6.07) is 11.3. The molecule has 1 fully saturated rings. The van der Waals surface area contributed by atoms with Crippen LogP contribution in [0, 0.1) is 11.8 Å². The minimum Gasteiger partial charge on any atom is -0.463 e. The zero-order valence-corrected chi connectivity index (χ0v) is 23.6. The number of rotatable bonds is 7. The molecule has 4 atom stereocenters. The molecule has 1 saturated carbocycles. The van der Waals surface area contributed by atoms with Crippen molar-refractivity contribution in [2.45, 2.75) is 84.5 Å². The van der Waals surface area contributed by atoms with Crippen molar-refractivity contribution in [3.8, 4) is 0 Å². The maximum Gasteiger partial charge on any atom is 0.271 e. The Morgan fingerprint density at radius 3 is 2.74 bits per heavy atom. The first-order valence-corrected chi connectivity index (χ1v) is 14.3. The normalized spacial score (nSPS) is 26.0. The number of carbonyl (C=O) groups excluding carboxylic acids is 2. The van der Waals surface area contributed by atoms with Crippen LogP contribution in [0.1, 0.15) is 75.9 Å². The van der Waals surface area contributed by atoms with Crippen LogP contribution in [0.2, 0.25) is 5.02 Å². The van der Waals surface area contributed by atoms with E-state index < -0.39 is 5.54 Å². The maximum absolute atomic E-state index is 14.5. The number of nitrogens with one attached hydrogen (secondary N) is 1. The van der Waals surface area contributed by atoms with Crippen LogP contribution in [0.15, 0.2) is 58.7 Å². The number of fused-ring (bicyclic) bond motifs is 3. The fourth-order valence-corrected chi connectivity index (χ4v) is 6.97. The van der Waals surface area contributed by atoms with Crippen LogP contribution in [0.25, 0.3) is 11.1 Å². The summed E-state index contributed by atoms with van der Waals surface area (Å²) in [7, 11) is 0. The first-order chi connectivity index (χ1) is 18.3. The monoisotopic (exact) mass is 535 g/mol. The molecule has 4 unspecified atom stereocenters. The zero-order chi connectivity index (χ0) is 27.0. The summed E-state index contributed by atoms with van der Waals surface area (Å²) in [5, 5.41) is 4.06. The third-order valence-electron chi connectivity index (χ3n) is 9.11. The summed E-state index contributed by atoms with van der Waals surface area (Å²) in [5.41, 5.74) is 3.19. The molecule has 7 heteroatoms. The van der Waals surface area contributed by atoms with Crippen molar-refractivity contribution in [2.24, 2.45) is 11.8 Å². The second kappa shape index (κ2) is 10.6. The van der Waals surface area contributed by atoms with Gasteiger partial charge in [-0.25, -0.2) is 0 Å². The number of hydrogen-bond donors (Lipinski definition) is 1. The van der Waals surface area contributed by atoms with Crippen LogP contribution in [-0.4, -0.2) is 32.9 Å². The zero-order valence-electron chi connectivity index (χ0n) is 22.8. The van der Waals surface area contributed by atoms with Gasteiger partial charge in [-0.05, 0) is 56.6 Å². The highest BCUT2D eigenvalue weighted by molar-refractivity contribution is 6.31. The van der Waals surface area contributed by atoms with Crippen LogP contribution >= 0.6 is 11.6 Å². The molecule has 3 aromatic rings. The quantitative estimate of drug-likeness (QED) is 0.332. The highest BCUT2D eigenvalue weighted by atomic mass is 35.5. The van der Waals surface area contributed by atoms with Crippen LogP contribution in [0.3, 0.4) is 0 Å². The average molecular weight is 536 g/mol. The number of amides is 2. The van der Waals surface area contributed by atoms with E-state index in [-0.39, 0.29) is 24.4 Å². The molecule has 2 aromatic heterocycles. The lowest BCUT2D eigenvalue weighted by atomic mass is 9.71. The summed E-state index contributed by atoms with van der Waals surface area (Å²) in [5.74, 6) is 0.573. The lowest BCUT2D eigenvalue weighted by Crippen LogP contribution is -2.66. The number of halogens is 1. The average Bonchev–Trinajstić information content (AvgIpc) is 3.53. The molecular weight excluding hydrogens is 498 g/mol. The first kappa shape index (κ1) is 26.6. The van der Waals surface area contributed by atoms with E-state index >= 15 is 0 Å². The largest absolute Gasteiger partial charge is 0.463 e. The van der Waals surface area contributed by atoms with Gasteiger partial charge in [-0.1, -0.05) is 68.1 Å². The Kier molecular flexibility index (Phi) is 7.45. The van der Waals surface area contributed by atoms with Crippen molar-refractivity contribution in [1.82, 2.24) is 14.8 Å². The maximum atomic E-state index is 14.5. The third kappa shape index (κ3) is 4.37. The van der Waals surface area contributed by atoms with E-state index in [0.717, 1.165) is 36.8 Å². The SMILES string of the molecule is CC=C(C)C1CCCC(NC(=O)C2(CC)Cn3c(cc4occc43)C(=O)N2Cc2ccccc2Cl)C1CC. The summed E-state index contributed by atoms with van der Waals surface area (Å²) >= 11 is 6.54. The van der Waals surface area contributed by atoms with Crippen molar-refractivity contribution in [1.29, 1.82) is 0 Å². The van der Waals surface area contributed by atoms with Crippen molar-refractivity contribution in [3.63, 3.8) is 0 Å². The number of aromatic nitrogens is 1. The van der Waals surface area contributed by atoms with E-state index in [0.29, 0.717) is 41.1 Å². The van der Waals surface area contributed by atoms with Gasteiger partial charge >= 0.3 is 0 Å². The van der Waals surface area contributed by atoms with Crippen LogP contribution in [-0.2, 0) is 17.9 Å². The molecule has 38 heavy (non-hydrogen) atoms. The van der Waals surface area contributed by atoms with Gasteiger partial charge in [-0.15, -0.1) is 0 Å². The molecule has 0 saturated heterocycles. The molecule has 1 N–H and O–H groups in total. The molecule has 1 aliphatic heterocycles. The van der Waals surface area contributed by atoms with E-state index in [4.69, 9.17) is 16.0 Å². The van der Waals surface area contributed by atoms with E-state index in [1.54, 1.807) is 17.2 Å². The smallest absolute Gasteiger partial charge is 0.271 e. The number of carbonyl (C=O) groups is 2. The highest BCUT2D eigenvalue weighted by Gasteiger charge is 2.51. The topological polar surface area (TPSA) is 67.5 Å². The molecule has 2 amide bonds. The summed E-state index contributed by atoms with van der Waals surface area (Å²) in [6.07, 6.45) is 8.51. The minimum atomic E-state index is -1.06. The van der Waals surface area contributed by atoms with E-state index in [9.17, 15) is 9.59 Å². The van der Waals surface area contributed by atoms with Gasteiger partial charge in [-0.2, -0.15) is 0 Å². The minimum absolute atomic E-state index is 0.0712. The van der Waals surface area contributed by atoms with Crippen molar-refractivity contribution in [3.05, 3.63) is 70.6 Å². The summed E-state index contributed by atoms with van der Waals surface area (Å²) < 4.78 is 7.59. The molecule has 3 heterocycles. The molecule has 1 aromatic carbocycles. The Morgan fingerprint density at radius 2 is 2.03 bits per heavy atom. The predicted molar refractivity (Wildman–Crippen MR) is 151 cm³/mol. The molecule has 6 nitrogen and oxygen atoms in total. The van der Waals surface area contributed by atoms with Gasteiger partial charge in [0, 0.05) is 29.7 Å². The Bertz CT molecular complexity index is 1370. The molecule has 202 valence electrons. The lowest BCUT2D eigenvalue weighted by Gasteiger charge is -2.47. The lowest BCUT2D eigenvalue weighted by molar-refractivity contribution is -0.136. The van der Waals surface area contributed by atoms with Gasteiger partial charge in [-0.3, -0.25) is 9.59 Å². The predicted octanol–water partition coefficient (Wildman–Crippen LogP) is 6.97. The van der Waals surface area contributed by atoms with Crippen LogP contribution < -0.4 is 5.32 Å². The van der Waals surface area contributed by atoms with Gasteiger partial charge in [0.25, 0.3) is 5.91 Å². The number of nitrogens with zero attached hydrogens (tertiary/aromatic N) is 2. The Balaban J connectivity index is 1.55. The van der Waals surface area contributed by atoms with E-state index in [1.165, 1.54) is 5.57 Å². The standard InChI is InChI=1S/C31H38ClN3O3/c1-5-20(4)23-12-10-14-25(22(23)6-2)33-30(37)31(7-3)19-34-26-15-16-38-28(26)17-27(34)29(36)35(31)18-21-11-8-9-13-24(21)32/h5,8-9,11,13,15-17,22-23,25H,6-7,10,12,14,18-19H2,1-4H3,(H,33,37). The van der Waals surface area contributed by atoms with Crippen molar-refractivity contribution in [2.75, 3.05) is 0 Å². The molecular formula is C31H38ClN3O3. The van der Waals surface area contributed by atoms with Gasteiger partial charge in [0.15, 0.2) is 5.58 Å².